The molecule has 0 aliphatic carbocycles. The van der Waals surface area contributed by atoms with E-state index in [2.05, 4.69) is 6.58 Å². The van der Waals surface area contributed by atoms with Crippen LogP contribution in [0.15, 0.2) is 12.7 Å². The third kappa shape index (κ3) is 5.40. The van der Waals surface area contributed by atoms with E-state index >= 15 is 0 Å². The van der Waals surface area contributed by atoms with Crippen LogP contribution in [0.1, 0.15) is 40.0 Å². The number of ether oxygens (including phenoxy) is 2. The molecular formula is C16H27NO4. The van der Waals surface area contributed by atoms with Gasteiger partial charge in [-0.25, -0.2) is 4.79 Å². The maximum atomic E-state index is 12.1. The van der Waals surface area contributed by atoms with Crippen LogP contribution >= 0.6 is 0 Å². The number of amides is 1. The smallest absolute Gasteiger partial charge is 0.410 e. The fourth-order valence-corrected chi connectivity index (χ4v) is 2.64. The summed E-state index contributed by atoms with van der Waals surface area (Å²) >= 11 is 0. The first kappa shape index (κ1) is 17.5. The van der Waals surface area contributed by atoms with E-state index in [9.17, 15) is 9.59 Å². The number of rotatable bonds is 4. The van der Waals surface area contributed by atoms with Gasteiger partial charge in [0.1, 0.15) is 5.60 Å². The summed E-state index contributed by atoms with van der Waals surface area (Å²) < 4.78 is 10.3. The molecule has 0 aromatic heterocycles. The zero-order valence-electron chi connectivity index (χ0n) is 13.6. The van der Waals surface area contributed by atoms with Crippen molar-refractivity contribution in [2.75, 3.05) is 20.2 Å². The van der Waals surface area contributed by atoms with E-state index in [1.54, 1.807) is 11.0 Å². The molecule has 120 valence electrons. The second kappa shape index (κ2) is 7.48. The molecule has 0 radical (unpaired) electrons. The fraction of sp³-hybridized carbons (Fsp3) is 0.750. The van der Waals surface area contributed by atoms with Crippen LogP contribution in [0.5, 0.6) is 0 Å². The highest BCUT2D eigenvalue weighted by Crippen LogP contribution is 2.28. The van der Waals surface area contributed by atoms with Gasteiger partial charge in [0.05, 0.1) is 13.0 Å². The first-order valence-corrected chi connectivity index (χ1v) is 7.45. The van der Waals surface area contributed by atoms with E-state index < -0.39 is 5.60 Å². The van der Waals surface area contributed by atoms with E-state index in [0.29, 0.717) is 19.5 Å². The maximum Gasteiger partial charge on any atom is 0.410 e. The van der Waals surface area contributed by atoms with Crippen molar-refractivity contribution in [3.05, 3.63) is 12.7 Å². The lowest BCUT2D eigenvalue weighted by atomic mass is 9.83. The van der Waals surface area contributed by atoms with Crippen LogP contribution in [-0.4, -0.2) is 42.8 Å². The van der Waals surface area contributed by atoms with Gasteiger partial charge < -0.3 is 14.4 Å². The van der Waals surface area contributed by atoms with Crippen LogP contribution in [0.3, 0.4) is 0 Å². The Labute approximate surface area is 127 Å². The van der Waals surface area contributed by atoms with E-state index in [1.165, 1.54) is 7.11 Å². The molecule has 1 amide bonds. The molecule has 5 heteroatoms. The lowest BCUT2D eigenvalue weighted by molar-refractivity contribution is -0.148. The van der Waals surface area contributed by atoms with Crippen LogP contribution in [0.2, 0.25) is 0 Å². The number of piperidine rings is 1. The zero-order chi connectivity index (χ0) is 16.0. The monoisotopic (exact) mass is 297 g/mol. The third-order valence-corrected chi connectivity index (χ3v) is 3.60. The van der Waals surface area contributed by atoms with Gasteiger partial charge in [-0.3, -0.25) is 4.79 Å². The number of methoxy groups -OCH3 is 1. The molecule has 0 aromatic rings. The minimum Gasteiger partial charge on any atom is -0.469 e. The normalized spacial score (nSPS) is 20.6. The van der Waals surface area contributed by atoms with Crippen LogP contribution in [0.25, 0.3) is 0 Å². The van der Waals surface area contributed by atoms with E-state index in [1.807, 2.05) is 20.8 Å². The molecule has 1 fully saturated rings. The minimum atomic E-state index is -0.507. The average molecular weight is 297 g/mol. The summed E-state index contributed by atoms with van der Waals surface area (Å²) in [5.41, 5.74) is -0.507. The lowest BCUT2D eigenvalue weighted by Crippen LogP contribution is -2.45. The Bertz CT molecular complexity index is 386. The Hall–Kier alpha value is -1.52. The lowest BCUT2D eigenvalue weighted by Gasteiger charge is -2.36. The predicted octanol–water partition coefficient (Wildman–Crippen LogP) is 3.00. The number of likely N-dealkylation sites (tertiary alicyclic amines) is 1. The molecule has 0 spiro atoms. The van der Waals surface area contributed by atoms with Crippen molar-refractivity contribution in [2.45, 2.75) is 45.6 Å². The molecule has 0 saturated carbocycles. The Morgan fingerprint density at radius 2 is 2.10 bits per heavy atom. The minimum absolute atomic E-state index is 0.0942. The van der Waals surface area contributed by atoms with Gasteiger partial charge in [0.2, 0.25) is 0 Å². The van der Waals surface area contributed by atoms with Gasteiger partial charge in [0.25, 0.3) is 0 Å². The topological polar surface area (TPSA) is 55.8 Å². The van der Waals surface area contributed by atoms with Gasteiger partial charge >= 0.3 is 12.1 Å². The molecule has 1 aliphatic heterocycles. The quantitative estimate of drug-likeness (QED) is 0.591. The number of carbonyl (C=O) groups excluding carboxylic acids is 2. The summed E-state index contributed by atoms with van der Waals surface area (Å²) in [6, 6.07) is 0. The first-order chi connectivity index (χ1) is 9.78. The summed E-state index contributed by atoms with van der Waals surface area (Å²) in [6.45, 7) is 10.5. The highest BCUT2D eigenvalue weighted by Gasteiger charge is 2.34. The van der Waals surface area contributed by atoms with Crippen molar-refractivity contribution in [2.24, 2.45) is 11.8 Å². The molecular weight excluding hydrogens is 270 g/mol. The van der Waals surface area contributed by atoms with E-state index in [-0.39, 0.29) is 23.9 Å². The molecule has 1 heterocycles. The number of esters is 1. The standard InChI is InChI=1S/C16H27NO4/c1-6-8-13(14(18)20-5)12-9-7-10-17(11-12)15(19)21-16(2,3)4/h6,12-13H,1,7-11H2,2-5H3. The van der Waals surface area contributed by atoms with Gasteiger partial charge in [0.15, 0.2) is 0 Å². The number of allylic oxidation sites excluding steroid dienone is 1. The zero-order valence-corrected chi connectivity index (χ0v) is 13.6. The van der Waals surface area contributed by atoms with Gasteiger partial charge in [-0.2, -0.15) is 0 Å². The predicted molar refractivity (Wildman–Crippen MR) is 80.9 cm³/mol. The fourth-order valence-electron chi connectivity index (χ4n) is 2.64. The largest absolute Gasteiger partial charge is 0.469 e. The molecule has 1 saturated heterocycles. The second-order valence-corrected chi connectivity index (χ2v) is 6.48. The molecule has 2 unspecified atom stereocenters. The highest BCUT2D eigenvalue weighted by molar-refractivity contribution is 5.73. The molecule has 0 bridgehead atoms. The summed E-state index contributed by atoms with van der Waals surface area (Å²) in [7, 11) is 1.40. The van der Waals surface area contributed by atoms with Crippen LogP contribution in [-0.2, 0) is 14.3 Å². The van der Waals surface area contributed by atoms with Crippen LogP contribution in [0.4, 0.5) is 4.79 Å². The molecule has 0 N–H and O–H groups in total. The Balaban J connectivity index is 2.71. The Morgan fingerprint density at radius 3 is 2.62 bits per heavy atom. The van der Waals surface area contributed by atoms with E-state index in [4.69, 9.17) is 9.47 Å². The van der Waals surface area contributed by atoms with Crippen LogP contribution < -0.4 is 0 Å². The summed E-state index contributed by atoms with van der Waals surface area (Å²) in [5.74, 6) is -0.375. The summed E-state index contributed by atoms with van der Waals surface area (Å²) in [6.07, 6.45) is 3.77. The number of hydrogen-bond donors (Lipinski definition) is 0. The molecule has 1 rings (SSSR count). The SMILES string of the molecule is C=CCC(C(=O)OC)C1CCCN(C(=O)OC(C)(C)C)C1. The van der Waals surface area contributed by atoms with Crippen molar-refractivity contribution in [1.29, 1.82) is 0 Å². The third-order valence-electron chi connectivity index (χ3n) is 3.60. The summed E-state index contributed by atoms with van der Waals surface area (Å²) in [4.78, 5) is 25.7. The van der Waals surface area contributed by atoms with Crippen molar-refractivity contribution in [3.8, 4) is 0 Å². The van der Waals surface area contributed by atoms with E-state index in [0.717, 1.165) is 12.8 Å². The van der Waals surface area contributed by atoms with Gasteiger partial charge in [-0.05, 0) is 46.0 Å². The van der Waals surface area contributed by atoms with Crippen molar-refractivity contribution < 1.29 is 19.1 Å². The number of nitrogens with zero attached hydrogens (tertiary/aromatic N) is 1. The number of carbonyl (C=O) groups is 2. The average Bonchev–Trinajstić information content (AvgIpc) is 2.42. The molecule has 1 aliphatic rings. The van der Waals surface area contributed by atoms with Crippen LogP contribution in [0, 0.1) is 11.8 Å². The second-order valence-electron chi connectivity index (χ2n) is 6.48. The molecule has 0 aromatic carbocycles. The van der Waals surface area contributed by atoms with Gasteiger partial charge in [-0.1, -0.05) is 6.08 Å². The maximum absolute atomic E-state index is 12.1. The molecule has 21 heavy (non-hydrogen) atoms. The van der Waals surface area contributed by atoms with Gasteiger partial charge in [0, 0.05) is 13.1 Å². The number of hydrogen-bond acceptors (Lipinski definition) is 4. The first-order valence-electron chi connectivity index (χ1n) is 7.45. The highest BCUT2D eigenvalue weighted by atomic mass is 16.6. The summed E-state index contributed by atoms with van der Waals surface area (Å²) in [5, 5.41) is 0. The molecule has 2 atom stereocenters. The van der Waals surface area contributed by atoms with Gasteiger partial charge in [-0.15, -0.1) is 6.58 Å². The van der Waals surface area contributed by atoms with Crippen molar-refractivity contribution in [1.82, 2.24) is 4.90 Å². The van der Waals surface area contributed by atoms with Crippen molar-refractivity contribution in [3.63, 3.8) is 0 Å². The Morgan fingerprint density at radius 1 is 1.43 bits per heavy atom. The van der Waals surface area contributed by atoms with Crippen molar-refractivity contribution >= 4 is 12.1 Å². The molecule has 5 nitrogen and oxygen atoms in total. The Kier molecular flexibility index (Phi) is 6.24.